The first-order valence-electron chi connectivity index (χ1n) is 9.51. The van der Waals surface area contributed by atoms with E-state index in [1.54, 1.807) is 56.3 Å². The van der Waals surface area contributed by atoms with Gasteiger partial charge in [0.2, 0.25) is 5.91 Å². The van der Waals surface area contributed by atoms with E-state index in [4.69, 9.17) is 28.5 Å². The molecular formula is C22H20Cl2N4O3. The number of hydrogen-bond donors (Lipinski definition) is 1. The molecule has 0 aliphatic carbocycles. The van der Waals surface area contributed by atoms with Gasteiger partial charge in [0.15, 0.2) is 0 Å². The summed E-state index contributed by atoms with van der Waals surface area (Å²) in [5.41, 5.74) is 0.546. The van der Waals surface area contributed by atoms with Gasteiger partial charge >= 0.3 is 6.03 Å². The number of nitrogens with one attached hydrogen (secondary N) is 1. The molecule has 0 radical (unpaired) electrons. The lowest BCUT2D eigenvalue weighted by atomic mass is 9.92. The van der Waals surface area contributed by atoms with Gasteiger partial charge < -0.3 is 10.2 Å². The number of carbonyl (C=O) groups excluding carboxylic acids is 3. The van der Waals surface area contributed by atoms with E-state index in [1.807, 2.05) is 6.07 Å². The van der Waals surface area contributed by atoms with E-state index in [2.05, 4.69) is 5.32 Å². The van der Waals surface area contributed by atoms with E-state index in [9.17, 15) is 14.4 Å². The summed E-state index contributed by atoms with van der Waals surface area (Å²) in [6.45, 7) is 3.04. The summed E-state index contributed by atoms with van der Waals surface area (Å²) >= 11 is 12.0. The van der Waals surface area contributed by atoms with Gasteiger partial charge in [0.05, 0.1) is 12.5 Å². The molecule has 2 aromatic carbocycles. The highest BCUT2D eigenvalue weighted by Crippen LogP contribution is 2.30. The zero-order valence-corrected chi connectivity index (χ0v) is 18.5. The van der Waals surface area contributed by atoms with Crippen LogP contribution in [0.15, 0.2) is 42.5 Å². The van der Waals surface area contributed by atoms with Crippen LogP contribution in [0, 0.1) is 18.3 Å². The normalized spacial score (nSPS) is 18.0. The minimum absolute atomic E-state index is 0.0933. The number of anilines is 1. The molecule has 160 valence electrons. The van der Waals surface area contributed by atoms with Gasteiger partial charge in [-0.15, -0.1) is 0 Å². The maximum absolute atomic E-state index is 13.1. The maximum Gasteiger partial charge on any atom is 0.325 e. The largest absolute Gasteiger partial charge is 0.325 e. The fourth-order valence-corrected chi connectivity index (χ4v) is 3.64. The van der Waals surface area contributed by atoms with Crippen molar-refractivity contribution in [3.05, 3.63) is 63.6 Å². The second kappa shape index (κ2) is 8.96. The van der Waals surface area contributed by atoms with Crippen LogP contribution in [0.1, 0.15) is 24.5 Å². The van der Waals surface area contributed by atoms with E-state index in [0.29, 0.717) is 21.3 Å². The van der Waals surface area contributed by atoms with Gasteiger partial charge in [-0.3, -0.25) is 14.5 Å². The summed E-state index contributed by atoms with van der Waals surface area (Å²) in [6.07, 6.45) is 0.0933. The van der Waals surface area contributed by atoms with Gasteiger partial charge in [0.25, 0.3) is 5.91 Å². The van der Waals surface area contributed by atoms with Gasteiger partial charge in [0, 0.05) is 22.3 Å². The maximum atomic E-state index is 13.1. The molecule has 3 rings (SSSR count). The van der Waals surface area contributed by atoms with E-state index in [1.165, 1.54) is 4.90 Å². The van der Waals surface area contributed by atoms with Gasteiger partial charge in [-0.2, -0.15) is 5.26 Å². The SMILES string of the molecule is Cc1cc(N(CCC#N)C(=O)CN2C(=O)NC(C)(c3ccc(Cl)cc3)C2=O)ccc1Cl. The number of rotatable bonds is 6. The van der Waals surface area contributed by atoms with Crippen LogP contribution in [0.25, 0.3) is 0 Å². The first-order valence-corrected chi connectivity index (χ1v) is 10.3. The van der Waals surface area contributed by atoms with Gasteiger partial charge in [-0.05, 0) is 55.3 Å². The summed E-state index contributed by atoms with van der Waals surface area (Å²) < 4.78 is 0. The second-order valence-corrected chi connectivity index (χ2v) is 8.18. The van der Waals surface area contributed by atoms with Crippen LogP contribution in [0.4, 0.5) is 10.5 Å². The zero-order valence-electron chi connectivity index (χ0n) is 17.0. The molecule has 2 aromatic rings. The quantitative estimate of drug-likeness (QED) is 0.661. The molecule has 4 amide bonds. The smallest absolute Gasteiger partial charge is 0.319 e. The highest BCUT2D eigenvalue weighted by atomic mass is 35.5. The van der Waals surface area contributed by atoms with Crippen LogP contribution in [-0.4, -0.2) is 35.8 Å². The third kappa shape index (κ3) is 4.50. The van der Waals surface area contributed by atoms with Crippen LogP contribution in [-0.2, 0) is 15.1 Å². The molecule has 1 fully saturated rings. The van der Waals surface area contributed by atoms with Crippen molar-refractivity contribution >= 4 is 46.7 Å². The van der Waals surface area contributed by atoms with Crippen molar-refractivity contribution in [2.75, 3.05) is 18.0 Å². The minimum Gasteiger partial charge on any atom is -0.319 e. The van der Waals surface area contributed by atoms with Crippen molar-refractivity contribution in [3.63, 3.8) is 0 Å². The third-order valence-corrected chi connectivity index (χ3v) is 5.87. The molecule has 7 nitrogen and oxygen atoms in total. The molecule has 0 bridgehead atoms. The Morgan fingerprint density at radius 1 is 1.19 bits per heavy atom. The molecule has 1 heterocycles. The molecule has 1 atom stereocenters. The van der Waals surface area contributed by atoms with Gasteiger partial charge in [-0.25, -0.2) is 4.79 Å². The lowest BCUT2D eigenvalue weighted by molar-refractivity contribution is -0.134. The van der Waals surface area contributed by atoms with E-state index in [-0.39, 0.29) is 13.0 Å². The van der Waals surface area contributed by atoms with Crippen LogP contribution in [0.5, 0.6) is 0 Å². The molecule has 31 heavy (non-hydrogen) atoms. The number of carbonyl (C=O) groups is 3. The average molecular weight is 459 g/mol. The Kier molecular flexibility index (Phi) is 6.54. The monoisotopic (exact) mass is 458 g/mol. The molecule has 1 aliphatic heterocycles. The molecule has 1 N–H and O–H groups in total. The first-order chi connectivity index (χ1) is 14.7. The minimum atomic E-state index is -1.31. The van der Waals surface area contributed by atoms with E-state index < -0.39 is 29.9 Å². The van der Waals surface area contributed by atoms with E-state index in [0.717, 1.165) is 10.5 Å². The van der Waals surface area contributed by atoms with Crippen molar-refractivity contribution in [1.82, 2.24) is 10.2 Å². The summed E-state index contributed by atoms with van der Waals surface area (Å²) in [5, 5.41) is 12.7. The number of nitriles is 1. The second-order valence-electron chi connectivity index (χ2n) is 7.34. The Balaban J connectivity index is 1.85. The number of nitrogens with zero attached hydrogens (tertiary/aromatic N) is 3. The predicted octanol–water partition coefficient (Wildman–Crippen LogP) is 4.02. The van der Waals surface area contributed by atoms with Crippen molar-refractivity contribution < 1.29 is 14.4 Å². The molecule has 0 saturated carbocycles. The molecule has 1 saturated heterocycles. The first kappa shape index (κ1) is 22.6. The highest BCUT2D eigenvalue weighted by Gasteiger charge is 2.49. The van der Waals surface area contributed by atoms with Crippen molar-refractivity contribution in [3.8, 4) is 6.07 Å². The van der Waals surface area contributed by atoms with Crippen LogP contribution in [0.3, 0.4) is 0 Å². The summed E-state index contributed by atoms with van der Waals surface area (Å²) in [6, 6.07) is 12.9. The standard InChI is InChI=1S/C22H20Cl2N4O3/c1-14-12-17(8-9-18(14)24)27(11-3-10-25)19(29)13-28-20(30)22(2,26-21(28)31)15-4-6-16(23)7-5-15/h4-9,12H,3,11,13H2,1-2H3,(H,26,31). The van der Waals surface area contributed by atoms with Crippen LogP contribution in [0.2, 0.25) is 10.0 Å². The zero-order chi connectivity index (χ0) is 22.8. The van der Waals surface area contributed by atoms with Crippen molar-refractivity contribution in [2.45, 2.75) is 25.8 Å². The fraction of sp³-hybridized carbons (Fsp3) is 0.273. The molecular weight excluding hydrogens is 439 g/mol. The number of urea groups is 1. The number of benzene rings is 2. The summed E-state index contributed by atoms with van der Waals surface area (Å²) in [7, 11) is 0. The van der Waals surface area contributed by atoms with Gasteiger partial charge in [-0.1, -0.05) is 35.3 Å². The molecule has 9 heteroatoms. The molecule has 0 spiro atoms. The highest BCUT2D eigenvalue weighted by molar-refractivity contribution is 6.31. The number of halogens is 2. The number of amides is 4. The lowest BCUT2D eigenvalue weighted by Gasteiger charge is -2.25. The number of imide groups is 1. The Bertz CT molecular complexity index is 1080. The van der Waals surface area contributed by atoms with Crippen LogP contribution >= 0.6 is 23.2 Å². The Morgan fingerprint density at radius 2 is 1.87 bits per heavy atom. The number of hydrogen-bond acceptors (Lipinski definition) is 4. The predicted molar refractivity (Wildman–Crippen MR) is 118 cm³/mol. The molecule has 0 aromatic heterocycles. The van der Waals surface area contributed by atoms with Gasteiger partial charge in [0.1, 0.15) is 12.1 Å². The Hall–Kier alpha value is -3.08. The van der Waals surface area contributed by atoms with E-state index >= 15 is 0 Å². The lowest BCUT2D eigenvalue weighted by Crippen LogP contribution is -2.45. The Morgan fingerprint density at radius 3 is 2.48 bits per heavy atom. The van der Waals surface area contributed by atoms with Crippen molar-refractivity contribution in [2.24, 2.45) is 0 Å². The average Bonchev–Trinajstić information content (AvgIpc) is 2.95. The summed E-state index contributed by atoms with van der Waals surface area (Å²) in [5.74, 6) is -1.03. The van der Waals surface area contributed by atoms with Crippen LogP contribution < -0.4 is 10.2 Å². The molecule has 1 unspecified atom stereocenters. The Labute approximate surface area is 190 Å². The summed E-state index contributed by atoms with van der Waals surface area (Å²) in [4.78, 5) is 41.0. The third-order valence-electron chi connectivity index (χ3n) is 5.19. The topological polar surface area (TPSA) is 93.5 Å². The number of aryl methyl sites for hydroxylation is 1. The van der Waals surface area contributed by atoms with Crippen molar-refractivity contribution in [1.29, 1.82) is 5.26 Å². The molecule has 1 aliphatic rings. The fourth-order valence-electron chi connectivity index (χ4n) is 3.40.